The van der Waals surface area contributed by atoms with E-state index >= 15 is 0 Å². The van der Waals surface area contributed by atoms with Gasteiger partial charge in [-0.1, -0.05) is 18.2 Å². The van der Waals surface area contributed by atoms with Gasteiger partial charge in [0, 0.05) is 18.7 Å². The van der Waals surface area contributed by atoms with Gasteiger partial charge in [0.05, 0.1) is 12.2 Å². The molecule has 0 unspecified atom stereocenters. The summed E-state index contributed by atoms with van der Waals surface area (Å²) in [5.74, 6) is -0.352. The molecule has 1 spiro atoms. The lowest BCUT2D eigenvalue weighted by Crippen LogP contribution is -2.54. The zero-order valence-electron chi connectivity index (χ0n) is 13.2. The van der Waals surface area contributed by atoms with Crippen molar-refractivity contribution in [2.45, 2.75) is 30.9 Å². The summed E-state index contributed by atoms with van der Waals surface area (Å²) in [5, 5.41) is 0. The van der Waals surface area contributed by atoms with Crippen LogP contribution in [0.1, 0.15) is 30.9 Å². The summed E-state index contributed by atoms with van der Waals surface area (Å²) in [6, 6.07) is 5.95. The maximum Gasteiger partial charge on any atom is 0.244 e. The van der Waals surface area contributed by atoms with Crippen LogP contribution in [-0.4, -0.2) is 55.1 Å². The standard InChI is InChI=1S/C17H23FN2O2/c1-19(2)15(13-5-3-4-6-14(13)18)16(21)20-10-7-17(8-11-20)9-12-22-17/h3-6,15H,7-12H2,1-2H3/t15-/m0/s1. The predicted molar refractivity (Wildman–Crippen MR) is 81.9 cm³/mol. The second kappa shape index (κ2) is 5.97. The molecule has 0 saturated carbocycles. The number of likely N-dealkylation sites (N-methyl/N-ethyl adjacent to an activating group) is 1. The Hall–Kier alpha value is -1.46. The molecule has 0 aliphatic carbocycles. The number of benzene rings is 1. The van der Waals surface area contributed by atoms with Crippen molar-refractivity contribution < 1.29 is 13.9 Å². The average molecular weight is 306 g/mol. The van der Waals surface area contributed by atoms with Gasteiger partial charge < -0.3 is 9.64 Å². The van der Waals surface area contributed by atoms with Crippen LogP contribution in [0.25, 0.3) is 0 Å². The molecule has 120 valence electrons. The molecular formula is C17H23FN2O2. The lowest BCUT2D eigenvalue weighted by atomic mass is 9.84. The van der Waals surface area contributed by atoms with Crippen LogP contribution < -0.4 is 0 Å². The predicted octanol–water partition coefficient (Wildman–Crippen LogP) is 2.21. The second-order valence-electron chi connectivity index (χ2n) is 6.49. The molecule has 4 nitrogen and oxygen atoms in total. The van der Waals surface area contributed by atoms with Crippen molar-refractivity contribution in [3.63, 3.8) is 0 Å². The highest BCUT2D eigenvalue weighted by Crippen LogP contribution is 2.37. The van der Waals surface area contributed by atoms with Crippen molar-refractivity contribution in [2.75, 3.05) is 33.8 Å². The Morgan fingerprint density at radius 2 is 1.91 bits per heavy atom. The molecule has 2 fully saturated rings. The molecule has 0 N–H and O–H groups in total. The first-order valence-electron chi connectivity index (χ1n) is 7.86. The molecular weight excluding hydrogens is 283 g/mol. The van der Waals surface area contributed by atoms with Crippen molar-refractivity contribution in [1.82, 2.24) is 9.80 Å². The molecule has 2 aliphatic rings. The monoisotopic (exact) mass is 306 g/mol. The normalized spacial score (nSPS) is 21.7. The zero-order valence-corrected chi connectivity index (χ0v) is 13.2. The Morgan fingerprint density at radius 3 is 2.41 bits per heavy atom. The van der Waals surface area contributed by atoms with Crippen LogP contribution in [0.2, 0.25) is 0 Å². The van der Waals surface area contributed by atoms with E-state index in [1.807, 2.05) is 19.0 Å². The van der Waals surface area contributed by atoms with E-state index in [0.717, 1.165) is 25.9 Å². The highest BCUT2D eigenvalue weighted by Gasteiger charge is 2.43. The molecule has 0 aromatic heterocycles. The highest BCUT2D eigenvalue weighted by atomic mass is 19.1. The van der Waals surface area contributed by atoms with Crippen molar-refractivity contribution in [1.29, 1.82) is 0 Å². The SMILES string of the molecule is CN(C)[C@H](C(=O)N1CCC2(CCO2)CC1)c1ccccc1F. The fourth-order valence-corrected chi connectivity index (χ4v) is 3.42. The number of hydrogen-bond donors (Lipinski definition) is 0. The molecule has 1 atom stereocenters. The van der Waals surface area contributed by atoms with Crippen LogP contribution >= 0.6 is 0 Å². The summed E-state index contributed by atoms with van der Waals surface area (Å²) in [6.07, 6.45) is 2.87. The molecule has 1 aromatic carbocycles. The number of likely N-dealkylation sites (tertiary alicyclic amines) is 1. The molecule has 5 heteroatoms. The number of ether oxygens (including phenoxy) is 1. The van der Waals surface area contributed by atoms with Crippen molar-refractivity contribution in [2.24, 2.45) is 0 Å². The summed E-state index contributed by atoms with van der Waals surface area (Å²) < 4.78 is 19.8. The summed E-state index contributed by atoms with van der Waals surface area (Å²) in [6.45, 7) is 2.22. The van der Waals surface area contributed by atoms with E-state index in [4.69, 9.17) is 4.74 Å². The number of rotatable bonds is 3. The maximum absolute atomic E-state index is 14.1. The van der Waals surface area contributed by atoms with Gasteiger partial charge in [-0.25, -0.2) is 4.39 Å². The topological polar surface area (TPSA) is 32.8 Å². The molecule has 2 aliphatic heterocycles. The van der Waals surface area contributed by atoms with E-state index in [1.54, 1.807) is 23.1 Å². The van der Waals surface area contributed by atoms with Gasteiger partial charge in [-0.05, 0) is 39.4 Å². The summed E-state index contributed by atoms with van der Waals surface area (Å²) in [7, 11) is 3.63. The van der Waals surface area contributed by atoms with Gasteiger partial charge in [0.2, 0.25) is 5.91 Å². The van der Waals surface area contributed by atoms with Gasteiger partial charge >= 0.3 is 0 Å². The Kier molecular flexibility index (Phi) is 4.19. The summed E-state index contributed by atoms with van der Waals surface area (Å²) >= 11 is 0. The third-order valence-electron chi connectivity index (χ3n) is 4.90. The Balaban J connectivity index is 1.75. The first-order valence-corrected chi connectivity index (χ1v) is 7.86. The molecule has 3 rings (SSSR count). The molecule has 22 heavy (non-hydrogen) atoms. The maximum atomic E-state index is 14.1. The fourth-order valence-electron chi connectivity index (χ4n) is 3.42. The molecule has 0 radical (unpaired) electrons. The number of halogens is 1. The number of amides is 1. The smallest absolute Gasteiger partial charge is 0.244 e. The largest absolute Gasteiger partial charge is 0.375 e. The fraction of sp³-hybridized carbons (Fsp3) is 0.588. The minimum absolute atomic E-state index is 0.0163. The van der Waals surface area contributed by atoms with Gasteiger partial charge in [-0.2, -0.15) is 0 Å². The van der Waals surface area contributed by atoms with Crippen LogP contribution in [0.5, 0.6) is 0 Å². The highest BCUT2D eigenvalue weighted by molar-refractivity contribution is 5.83. The first-order chi connectivity index (χ1) is 10.5. The van der Waals surface area contributed by atoms with Gasteiger partial charge in [0.25, 0.3) is 0 Å². The minimum Gasteiger partial charge on any atom is -0.375 e. The van der Waals surface area contributed by atoms with Crippen molar-refractivity contribution in [3.8, 4) is 0 Å². The molecule has 1 aromatic rings. The number of nitrogens with zero attached hydrogens (tertiary/aromatic N) is 2. The van der Waals surface area contributed by atoms with Crippen LogP contribution in [0.4, 0.5) is 4.39 Å². The van der Waals surface area contributed by atoms with Crippen LogP contribution in [0.15, 0.2) is 24.3 Å². The summed E-state index contributed by atoms with van der Waals surface area (Å²) in [5.41, 5.74) is 0.459. The number of piperidine rings is 1. The quantitative estimate of drug-likeness (QED) is 0.858. The van der Waals surface area contributed by atoms with Crippen molar-refractivity contribution >= 4 is 5.91 Å². The van der Waals surface area contributed by atoms with Gasteiger partial charge in [-0.15, -0.1) is 0 Å². The number of carbonyl (C=O) groups is 1. The van der Waals surface area contributed by atoms with E-state index < -0.39 is 6.04 Å². The van der Waals surface area contributed by atoms with Crippen LogP contribution in [0, 0.1) is 5.82 Å². The van der Waals surface area contributed by atoms with Gasteiger partial charge in [0.15, 0.2) is 0 Å². The van der Waals surface area contributed by atoms with Crippen molar-refractivity contribution in [3.05, 3.63) is 35.6 Å². The lowest BCUT2D eigenvalue weighted by Gasteiger charge is -2.48. The minimum atomic E-state index is -0.572. The molecule has 1 amide bonds. The lowest BCUT2D eigenvalue weighted by molar-refractivity contribution is -0.177. The molecule has 2 saturated heterocycles. The number of hydrogen-bond acceptors (Lipinski definition) is 3. The third kappa shape index (κ3) is 2.75. The Bertz CT molecular complexity index is 547. The third-order valence-corrected chi connectivity index (χ3v) is 4.90. The van der Waals surface area contributed by atoms with E-state index in [9.17, 15) is 9.18 Å². The molecule has 0 bridgehead atoms. The van der Waals surface area contributed by atoms with E-state index in [2.05, 4.69) is 0 Å². The average Bonchev–Trinajstić information content (AvgIpc) is 2.47. The second-order valence-corrected chi connectivity index (χ2v) is 6.49. The Labute approximate surface area is 130 Å². The van der Waals surface area contributed by atoms with E-state index in [1.165, 1.54) is 6.07 Å². The number of carbonyl (C=O) groups excluding carboxylic acids is 1. The van der Waals surface area contributed by atoms with Gasteiger partial charge in [0.1, 0.15) is 11.9 Å². The van der Waals surface area contributed by atoms with Crippen LogP contribution in [0.3, 0.4) is 0 Å². The Morgan fingerprint density at radius 1 is 1.27 bits per heavy atom. The van der Waals surface area contributed by atoms with Crippen LogP contribution in [-0.2, 0) is 9.53 Å². The van der Waals surface area contributed by atoms with Gasteiger partial charge in [-0.3, -0.25) is 9.69 Å². The molecule has 2 heterocycles. The summed E-state index contributed by atoms with van der Waals surface area (Å²) in [4.78, 5) is 16.5. The van der Waals surface area contributed by atoms with E-state index in [-0.39, 0.29) is 17.3 Å². The van der Waals surface area contributed by atoms with E-state index in [0.29, 0.717) is 18.7 Å². The zero-order chi connectivity index (χ0) is 15.7. The first kappa shape index (κ1) is 15.4.